The number of aliphatic carboxylic acids is 1. The number of benzene rings is 1. The number of carbonyl (C=O) groups is 2. The van der Waals surface area contributed by atoms with Crippen LogP contribution < -0.4 is 5.32 Å². The van der Waals surface area contributed by atoms with E-state index in [1.807, 2.05) is 30.3 Å². The highest BCUT2D eigenvalue weighted by Crippen LogP contribution is 2.44. The lowest BCUT2D eigenvalue weighted by Gasteiger charge is -2.40. The number of carboxylic acids is 1. The molecule has 1 fully saturated rings. The molecule has 1 saturated carbocycles. The number of ether oxygens (including phenoxy) is 1. The molecule has 2 rings (SSSR count). The van der Waals surface area contributed by atoms with Crippen molar-refractivity contribution in [2.24, 2.45) is 5.41 Å². The molecular formula is C16H21NO4. The maximum Gasteiger partial charge on any atom is 0.408 e. The standard InChI is InChI=1S/C16H21NO4/c1-16(8-5-9-16)10-13(14(18)19)17-15(20)21-11-12-6-3-2-4-7-12/h2-4,6-7,13H,5,8-11H2,1H3,(H,17,20)(H,18,19)/t13-/m0/s1. The third-order valence-corrected chi connectivity index (χ3v) is 4.06. The van der Waals surface area contributed by atoms with E-state index in [1.165, 1.54) is 0 Å². The maximum absolute atomic E-state index is 11.7. The highest BCUT2D eigenvalue weighted by Gasteiger charge is 2.37. The number of hydrogen-bond donors (Lipinski definition) is 2. The summed E-state index contributed by atoms with van der Waals surface area (Å²) in [4.78, 5) is 23.0. The molecule has 5 nitrogen and oxygen atoms in total. The van der Waals surface area contributed by atoms with Crippen molar-refractivity contribution in [3.05, 3.63) is 35.9 Å². The average Bonchev–Trinajstić information content (AvgIpc) is 2.43. The van der Waals surface area contributed by atoms with Crippen molar-refractivity contribution < 1.29 is 19.4 Å². The van der Waals surface area contributed by atoms with Gasteiger partial charge in [0.1, 0.15) is 12.6 Å². The zero-order valence-electron chi connectivity index (χ0n) is 12.2. The first kappa shape index (κ1) is 15.4. The third-order valence-electron chi connectivity index (χ3n) is 4.06. The molecule has 0 spiro atoms. The Labute approximate surface area is 124 Å². The highest BCUT2D eigenvalue weighted by atomic mass is 16.5. The lowest BCUT2D eigenvalue weighted by molar-refractivity contribution is -0.140. The summed E-state index contributed by atoms with van der Waals surface area (Å²) in [6, 6.07) is 8.39. The van der Waals surface area contributed by atoms with Crippen LogP contribution in [0.5, 0.6) is 0 Å². The molecule has 1 aromatic rings. The number of nitrogens with one attached hydrogen (secondary N) is 1. The molecule has 1 atom stereocenters. The van der Waals surface area contributed by atoms with E-state index in [-0.39, 0.29) is 12.0 Å². The monoisotopic (exact) mass is 291 g/mol. The fraction of sp³-hybridized carbons (Fsp3) is 0.500. The molecule has 5 heteroatoms. The van der Waals surface area contributed by atoms with Crippen molar-refractivity contribution in [1.82, 2.24) is 5.32 Å². The molecular weight excluding hydrogens is 270 g/mol. The van der Waals surface area contributed by atoms with Gasteiger partial charge in [-0.15, -0.1) is 0 Å². The fourth-order valence-electron chi connectivity index (χ4n) is 2.58. The van der Waals surface area contributed by atoms with Gasteiger partial charge in [-0.2, -0.15) is 0 Å². The van der Waals surface area contributed by atoms with Crippen LogP contribution in [0.1, 0.15) is 38.2 Å². The molecule has 1 amide bonds. The topological polar surface area (TPSA) is 75.6 Å². The zero-order chi connectivity index (χ0) is 15.3. The zero-order valence-corrected chi connectivity index (χ0v) is 12.2. The van der Waals surface area contributed by atoms with Crippen LogP contribution >= 0.6 is 0 Å². The molecule has 1 aliphatic carbocycles. The Balaban J connectivity index is 1.82. The van der Waals surface area contributed by atoms with Crippen LogP contribution in [-0.2, 0) is 16.1 Å². The van der Waals surface area contributed by atoms with Gasteiger partial charge in [0.2, 0.25) is 0 Å². The first-order chi connectivity index (χ1) is 9.98. The Morgan fingerprint density at radius 1 is 1.33 bits per heavy atom. The lowest BCUT2D eigenvalue weighted by atomic mass is 9.67. The van der Waals surface area contributed by atoms with Gasteiger partial charge in [0.25, 0.3) is 0 Å². The van der Waals surface area contributed by atoms with Gasteiger partial charge in [-0.1, -0.05) is 43.7 Å². The Morgan fingerprint density at radius 3 is 2.52 bits per heavy atom. The van der Waals surface area contributed by atoms with Gasteiger partial charge in [-0.25, -0.2) is 9.59 Å². The van der Waals surface area contributed by atoms with Crippen molar-refractivity contribution >= 4 is 12.1 Å². The SMILES string of the molecule is CC1(C[C@H](NC(=O)OCc2ccccc2)C(=O)O)CCC1. The van der Waals surface area contributed by atoms with Crippen molar-refractivity contribution in [1.29, 1.82) is 0 Å². The average molecular weight is 291 g/mol. The minimum Gasteiger partial charge on any atom is -0.480 e. The molecule has 0 heterocycles. The molecule has 0 unspecified atom stereocenters. The fourth-order valence-corrected chi connectivity index (χ4v) is 2.58. The van der Waals surface area contributed by atoms with Crippen LogP contribution in [0, 0.1) is 5.41 Å². The van der Waals surface area contributed by atoms with Crippen LogP contribution in [0.4, 0.5) is 4.79 Å². The molecule has 0 saturated heterocycles. The van der Waals surface area contributed by atoms with Gasteiger partial charge in [0.15, 0.2) is 0 Å². The number of carbonyl (C=O) groups excluding carboxylic acids is 1. The van der Waals surface area contributed by atoms with Crippen LogP contribution in [0.2, 0.25) is 0 Å². The van der Waals surface area contributed by atoms with E-state index in [0.29, 0.717) is 6.42 Å². The molecule has 0 aliphatic heterocycles. The summed E-state index contributed by atoms with van der Waals surface area (Å²) < 4.78 is 5.06. The van der Waals surface area contributed by atoms with E-state index < -0.39 is 18.1 Å². The quantitative estimate of drug-likeness (QED) is 0.845. The molecule has 21 heavy (non-hydrogen) atoms. The number of carboxylic acid groups (broad SMARTS) is 1. The van der Waals surface area contributed by atoms with Gasteiger partial charge < -0.3 is 15.2 Å². The van der Waals surface area contributed by atoms with Gasteiger partial charge in [-0.05, 0) is 30.2 Å². The molecule has 1 aliphatic rings. The van der Waals surface area contributed by atoms with Crippen molar-refractivity contribution in [2.75, 3.05) is 0 Å². The van der Waals surface area contributed by atoms with Crippen molar-refractivity contribution in [3.63, 3.8) is 0 Å². The van der Waals surface area contributed by atoms with Gasteiger partial charge in [0, 0.05) is 0 Å². The predicted molar refractivity (Wildman–Crippen MR) is 77.8 cm³/mol. The van der Waals surface area contributed by atoms with E-state index in [9.17, 15) is 14.7 Å². The normalized spacial score (nSPS) is 17.4. The summed E-state index contributed by atoms with van der Waals surface area (Å²) in [5.74, 6) is -1.01. The van der Waals surface area contributed by atoms with Crippen molar-refractivity contribution in [3.8, 4) is 0 Å². The van der Waals surface area contributed by atoms with E-state index in [4.69, 9.17) is 4.74 Å². The second-order valence-corrected chi connectivity index (χ2v) is 5.97. The predicted octanol–water partition coefficient (Wildman–Crippen LogP) is 2.95. The van der Waals surface area contributed by atoms with Crippen LogP contribution in [0.15, 0.2) is 30.3 Å². The van der Waals surface area contributed by atoms with Crippen molar-refractivity contribution in [2.45, 2.75) is 45.3 Å². The van der Waals surface area contributed by atoms with Crippen LogP contribution in [0.25, 0.3) is 0 Å². The number of hydrogen-bond acceptors (Lipinski definition) is 3. The molecule has 2 N–H and O–H groups in total. The van der Waals surface area contributed by atoms with Gasteiger partial charge >= 0.3 is 12.1 Å². The Hall–Kier alpha value is -2.04. The van der Waals surface area contributed by atoms with Gasteiger partial charge in [-0.3, -0.25) is 0 Å². The van der Waals surface area contributed by atoms with E-state index in [1.54, 1.807) is 0 Å². The second-order valence-electron chi connectivity index (χ2n) is 5.97. The van der Waals surface area contributed by atoms with E-state index in [0.717, 1.165) is 24.8 Å². The summed E-state index contributed by atoms with van der Waals surface area (Å²) in [5.41, 5.74) is 0.890. The Bertz CT molecular complexity index is 496. The van der Waals surface area contributed by atoms with E-state index in [2.05, 4.69) is 12.2 Å². The molecule has 0 radical (unpaired) electrons. The van der Waals surface area contributed by atoms with Crippen LogP contribution in [0.3, 0.4) is 0 Å². The number of alkyl carbamates (subject to hydrolysis) is 1. The lowest BCUT2D eigenvalue weighted by Crippen LogP contribution is -2.45. The largest absolute Gasteiger partial charge is 0.480 e. The molecule has 0 aromatic heterocycles. The summed E-state index contributed by atoms with van der Waals surface area (Å²) in [6.07, 6.45) is 2.91. The highest BCUT2D eigenvalue weighted by molar-refractivity contribution is 5.79. The third kappa shape index (κ3) is 4.48. The number of amides is 1. The summed E-state index contributed by atoms with van der Waals surface area (Å²) >= 11 is 0. The Kier molecular flexibility index (Phi) is 4.83. The Morgan fingerprint density at radius 2 is 2.00 bits per heavy atom. The smallest absolute Gasteiger partial charge is 0.408 e. The maximum atomic E-state index is 11.7. The minimum absolute atomic E-state index is 0.0236. The summed E-state index contributed by atoms with van der Waals surface area (Å²) in [5, 5.41) is 11.7. The summed E-state index contributed by atoms with van der Waals surface area (Å²) in [7, 11) is 0. The second kappa shape index (κ2) is 6.61. The first-order valence-electron chi connectivity index (χ1n) is 7.19. The minimum atomic E-state index is -1.01. The van der Waals surface area contributed by atoms with Crippen LogP contribution in [-0.4, -0.2) is 23.2 Å². The molecule has 0 bridgehead atoms. The molecule has 1 aromatic carbocycles. The number of rotatable bonds is 6. The van der Waals surface area contributed by atoms with E-state index >= 15 is 0 Å². The summed E-state index contributed by atoms with van der Waals surface area (Å²) in [6.45, 7) is 2.19. The molecule has 114 valence electrons. The van der Waals surface area contributed by atoms with Gasteiger partial charge in [0.05, 0.1) is 0 Å². The first-order valence-corrected chi connectivity index (χ1v) is 7.19.